The Morgan fingerprint density at radius 2 is 1.80 bits per heavy atom. The predicted octanol–water partition coefficient (Wildman–Crippen LogP) is 1.17. The van der Waals surface area contributed by atoms with Gasteiger partial charge in [0.2, 0.25) is 0 Å². The van der Waals surface area contributed by atoms with Gasteiger partial charge in [-0.25, -0.2) is 13.2 Å². The Labute approximate surface area is 113 Å². The third kappa shape index (κ3) is 4.10. The molecule has 0 saturated carbocycles. The Morgan fingerprint density at radius 3 is 2.25 bits per heavy atom. The van der Waals surface area contributed by atoms with Crippen molar-refractivity contribution < 1.29 is 31.5 Å². The van der Waals surface area contributed by atoms with E-state index in [2.05, 4.69) is 0 Å². The topological polar surface area (TPSA) is 86.7 Å². The number of carboxylic acids is 1. The summed E-state index contributed by atoms with van der Waals surface area (Å²) in [6.07, 6.45) is -0.480. The maximum absolute atomic E-state index is 13.3. The molecular weight excluding hydrogens is 301 g/mol. The quantitative estimate of drug-likeness (QED) is 0.825. The van der Waals surface area contributed by atoms with Gasteiger partial charge in [0.05, 0.1) is 6.42 Å². The number of hydrogen-bond donors (Lipinski definition) is 2. The van der Waals surface area contributed by atoms with E-state index in [0.717, 1.165) is 7.05 Å². The first-order valence-electron chi connectivity index (χ1n) is 5.24. The average molecular weight is 312 g/mol. The van der Waals surface area contributed by atoms with Gasteiger partial charge in [0, 0.05) is 25.7 Å². The summed E-state index contributed by atoms with van der Waals surface area (Å²) in [6, 6.07) is 0.635. The number of nitrogens with zero attached hydrogens (tertiary/aromatic N) is 1. The zero-order chi connectivity index (χ0) is 15.5. The van der Waals surface area contributed by atoms with Crippen molar-refractivity contribution in [3.63, 3.8) is 0 Å². The van der Waals surface area contributed by atoms with Gasteiger partial charge < -0.3 is 5.11 Å². The molecule has 0 spiro atoms. The van der Waals surface area contributed by atoms with Crippen molar-refractivity contribution in [3.05, 3.63) is 29.6 Å². The molecule has 0 unspecified atom stereocenters. The molecule has 2 N–H and O–H groups in total. The molecule has 1 rings (SSSR count). The molecule has 0 saturated heterocycles. The smallest absolute Gasteiger partial charge is 0.304 e. The molecule has 20 heavy (non-hydrogen) atoms. The van der Waals surface area contributed by atoms with Crippen molar-refractivity contribution in [2.45, 2.75) is 6.42 Å². The molecule has 112 valence electrons. The van der Waals surface area contributed by atoms with Crippen molar-refractivity contribution in [3.8, 4) is 0 Å². The Bertz CT molecular complexity index is 598. The van der Waals surface area contributed by atoms with E-state index in [4.69, 9.17) is 5.11 Å². The Morgan fingerprint density at radius 1 is 1.30 bits per heavy atom. The lowest BCUT2D eigenvalue weighted by molar-refractivity contribution is -0.137. The highest BCUT2D eigenvalue weighted by Gasteiger charge is 2.22. The van der Waals surface area contributed by atoms with E-state index < -0.39 is 52.3 Å². The van der Waals surface area contributed by atoms with Crippen LogP contribution in [0.5, 0.6) is 0 Å². The summed E-state index contributed by atoms with van der Waals surface area (Å²) in [4.78, 5) is 10.3. The molecule has 0 radical (unpaired) electrons. The molecule has 0 heterocycles. The first-order chi connectivity index (χ1) is 9.13. The number of aliphatic carboxylic acids is 1. The lowest BCUT2D eigenvalue weighted by atomic mass is 10.3. The van der Waals surface area contributed by atoms with E-state index in [1.807, 2.05) is 0 Å². The van der Waals surface area contributed by atoms with E-state index in [-0.39, 0.29) is 0 Å². The summed E-state index contributed by atoms with van der Waals surface area (Å²) in [5, 5.41) is 8.43. The fourth-order valence-electron chi connectivity index (χ4n) is 1.22. The molecule has 1 aromatic carbocycles. The molecule has 6 nitrogen and oxygen atoms in total. The van der Waals surface area contributed by atoms with Gasteiger partial charge in [0.1, 0.15) is 11.5 Å². The minimum absolute atomic E-state index is 0.318. The number of carbonyl (C=O) groups is 1. The first-order valence-corrected chi connectivity index (χ1v) is 6.68. The van der Waals surface area contributed by atoms with Gasteiger partial charge in [-0.15, -0.1) is 0 Å². The second-order valence-electron chi connectivity index (χ2n) is 3.82. The molecule has 1 aromatic rings. The minimum Gasteiger partial charge on any atom is -0.481 e. The molecule has 0 amide bonds. The van der Waals surface area contributed by atoms with Gasteiger partial charge in [-0.2, -0.15) is 12.7 Å². The number of nitrogens with one attached hydrogen (secondary N) is 1. The summed E-state index contributed by atoms with van der Waals surface area (Å²) >= 11 is 0. The van der Waals surface area contributed by atoms with Crippen LogP contribution in [0.1, 0.15) is 6.42 Å². The van der Waals surface area contributed by atoms with Crippen LogP contribution in [0.4, 0.5) is 18.9 Å². The van der Waals surface area contributed by atoms with Gasteiger partial charge in [0.25, 0.3) is 0 Å². The van der Waals surface area contributed by atoms with Gasteiger partial charge in [-0.1, -0.05) is 0 Å². The van der Waals surface area contributed by atoms with Crippen LogP contribution in [0.2, 0.25) is 0 Å². The minimum atomic E-state index is -4.35. The molecule has 10 heteroatoms. The van der Waals surface area contributed by atoms with Crippen LogP contribution in [0.15, 0.2) is 12.1 Å². The zero-order valence-corrected chi connectivity index (χ0v) is 11.0. The van der Waals surface area contributed by atoms with E-state index in [1.54, 1.807) is 4.72 Å². The monoisotopic (exact) mass is 312 g/mol. The number of anilines is 1. The van der Waals surface area contributed by atoms with Gasteiger partial charge in [0.15, 0.2) is 11.6 Å². The number of rotatable bonds is 6. The first kappa shape index (κ1) is 16.2. The second-order valence-corrected chi connectivity index (χ2v) is 5.59. The summed E-state index contributed by atoms with van der Waals surface area (Å²) in [7, 11) is -3.32. The van der Waals surface area contributed by atoms with Crippen molar-refractivity contribution in [1.29, 1.82) is 0 Å². The molecule has 0 aromatic heterocycles. The van der Waals surface area contributed by atoms with Crippen molar-refractivity contribution in [2.75, 3.05) is 18.3 Å². The van der Waals surface area contributed by atoms with E-state index in [9.17, 15) is 26.4 Å². The molecule has 0 aliphatic carbocycles. The number of halogens is 3. The number of hydrogen-bond acceptors (Lipinski definition) is 3. The fourth-order valence-corrected chi connectivity index (χ4v) is 2.16. The summed E-state index contributed by atoms with van der Waals surface area (Å²) in [5.41, 5.74) is -1.03. The highest BCUT2D eigenvalue weighted by Crippen LogP contribution is 2.21. The Hall–Kier alpha value is -1.81. The van der Waals surface area contributed by atoms with Crippen LogP contribution in [0.3, 0.4) is 0 Å². The van der Waals surface area contributed by atoms with Crippen molar-refractivity contribution >= 4 is 21.9 Å². The normalized spacial score (nSPS) is 11.7. The van der Waals surface area contributed by atoms with Gasteiger partial charge in [-0.3, -0.25) is 9.52 Å². The summed E-state index contributed by atoms with van der Waals surface area (Å²) < 4.78 is 64.8. The van der Waals surface area contributed by atoms with Crippen LogP contribution < -0.4 is 4.72 Å². The van der Waals surface area contributed by atoms with Crippen molar-refractivity contribution in [1.82, 2.24) is 4.31 Å². The van der Waals surface area contributed by atoms with E-state index in [0.29, 0.717) is 16.4 Å². The Balaban J connectivity index is 2.94. The standard InChI is InChI=1S/C10H11F3N2O4S/c1-15(3-2-9(16)17)20(18,19)14-10-7(12)4-6(11)5-8(10)13/h4-5,14H,2-3H2,1H3,(H,16,17). The largest absolute Gasteiger partial charge is 0.481 e. The zero-order valence-electron chi connectivity index (χ0n) is 10.2. The average Bonchev–Trinajstić information content (AvgIpc) is 2.30. The molecule has 0 bridgehead atoms. The maximum Gasteiger partial charge on any atom is 0.304 e. The van der Waals surface area contributed by atoms with Crippen LogP contribution in [0, 0.1) is 17.5 Å². The fraction of sp³-hybridized carbons (Fsp3) is 0.300. The van der Waals surface area contributed by atoms with E-state index >= 15 is 0 Å². The highest BCUT2D eigenvalue weighted by atomic mass is 32.2. The lowest BCUT2D eigenvalue weighted by Gasteiger charge is -2.18. The third-order valence-corrected chi connectivity index (χ3v) is 3.75. The molecule has 0 aliphatic heterocycles. The predicted molar refractivity (Wildman–Crippen MR) is 63.7 cm³/mol. The third-order valence-electron chi connectivity index (χ3n) is 2.29. The van der Waals surface area contributed by atoms with Gasteiger partial charge in [-0.05, 0) is 0 Å². The molecule has 0 aliphatic rings. The molecule has 0 atom stereocenters. The highest BCUT2D eigenvalue weighted by molar-refractivity contribution is 7.90. The van der Waals surface area contributed by atoms with Crippen LogP contribution >= 0.6 is 0 Å². The van der Waals surface area contributed by atoms with Crippen molar-refractivity contribution in [2.24, 2.45) is 0 Å². The molecule has 0 fully saturated rings. The maximum atomic E-state index is 13.3. The summed E-state index contributed by atoms with van der Waals surface area (Å²) in [6.45, 7) is -0.394. The Kier molecular flexibility index (Phi) is 4.95. The number of carboxylic acid groups (broad SMARTS) is 1. The SMILES string of the molecule is CN(CCC(=O)O)S(=O)(=O)Nc1c(F)cc(F)cc1F. The van der Waals surface area contributed by atoms with Crippen LogP contribution in [-0.2, 0) is 15.0 Å². The van der Waals surface area contributed by atoms with Crippen LogP contribution in [-0.4, -0.2) is 37.4 Å². The number of benzene rings is 1. The molecular formula is C10H11F3N2O4S. The van der Waals surface area contributed by atoms with Crippen LogP contribution in [0.25, 0.3) is 0 Å². The lowest BCUT2D eigenvalue weighted by Crippen LogP contribution is -2.34. The van der Waals surface area contributed by atoms with Gasteiger partial charge >= 0.3 is 16.2 Å². The van der Waals surface area contributed by atoms with E-state index in [1.165, 1.54) is 0 Å². The summed E-state index contributed by atoms with van der Waals surface area (Å²) in [5.74, 6) is -5.26. The second kappa shape index (κ2) is 6.09.